The van der Waals surface area contributed by atoms with Crippen molar-refractivity contribution in [3.63, 3.8) is 0 Å². The van der Waals surface area contributed by atoms with Gasteiger partial charge in [0.1, 0.15) is 0 Å². The van der Waals surface area contributed by atoms with E-state index in [2.05, 4.69) is 38.7 Å². The van der Waals surface area contributed by atoms with Crippen molar-refractivity contribution >= 4 is 17.0 Å². The minimum absolute atomic E-state index is 0.721. The molecule has 0 amide bonds. The van der Waals surface area contributed by atoms with Crippen molar-refractivity contribution < 1.29 is 0 Å². The maximum absolute atomic E-state index is 4.42. The number of nitrogens with one attached hydrogen (secondary N) is 1. The van der Waals surface area contributed by atoms with Crippen LogP contribution in [0.1, 0.15) is 24.2 Å². The van der Waals surface area contributed by atoms with E-state index in [1.807, 2.05) is 17.8 Å². The molecule has 0 atom stereocenters. The molecule has 1 aliphatic rings. The van der Waals surface area contributed by atoms with Crippen molar-refractivity contribution in [2.24, 2.45) is 0 Å². The van der Waals surface area contributed by atoms with E-state index < -0.39 is 0 Å². The van der Waals surface area contributed by atoms with Gasteiger partial charge < -0.3 is 10.2 Å². The van der Waals surface area contributed by atoms with Gasteiger partial charge in [-0.25, -0.2) is 4.98 Å². The smallest absolute Gasteiger partial charge is 0.0795 e. The molecule has 2 aromatic heterocycles. The predicted molar refractivity (Wildman–Crippen MR) is 78.3 cm³/mol. The second kappa shape index (κ2) is 5.67. The SMILES string of the molecule is CN(Cc1cscn1)c1ccnc(CNC2CC2)c1. The van der Waals surface area contributed by atoms with E-state index in [9.17, 15) is 0 Å². The molecule has 0 aromatic carbocycles. The first-order chi connectivity index (χ1) is 9.31. The largest absolute Gasteiger partial charge is 0.369 e. The van der Waals surface area contributed by atoms with E-state index in [1.54, 1.807) is 11.3 Å². The van der Waals surface area contributed by atoms with Crippen molar-refractivity contribution in [1.29, 1.82) is 0 Å². The number of pyridine rings is 1. The molecule has 0 radical (unpaired) electrons. The number of hydrogen-bond acceptors (Lipinski definition) is 5. The number of hydrogen-bond donors (Lipinski definition) is 1. The van der Waals surface area contributed by atoms with E-state index >= 15 is 0 Å². The van der Waals surface area contributed by atoms with Gasteiger partial charge in [0, 0.05) is 36.9 Å². The first-order valence-corrected chi connectivity index (χ1v) is 7.52. The third-order valence-corrected chi connectivity index (χ3v) is 3.91. The Morgan fingerprint density at radius 1 is 1.37 bits per heavy atom. The molecule has 1 N–H and O–H groups in total. The van der Waals surface area contributed by atoms with Crippen LogP contribution in [-0.4, -0.2) is 23.1 Å². The van der Waals surface area contributed by atoms with Gasteiger partial charge in [0.2, 0.25) is 0 Å². The Kier molecular flexibility index (Phi) is 3.75. The van der Waals surface area contributed by atoms with Gasteiger partial charge in [-0.3, -0.25) is 4.98 Å². The first kappa shape index (κ1) is 12.6. The van der Waals surface area contributed by atoms with Crippen LogP contribution in [-0.2, 0) is 13.1 Å². The lowest BCUT2D eigenvalue weighted by atomic mass is 10.3. The Morgan fingerprint density at radius 3 is 3.00 bits per heavy atom. The fourth-order valence-corrected chi connectivity index (χ4v) is 2.54. The molecule has 2 heterocycles. The van der Waals surface area contributed by atoms with Gasteiger partial charge in [0.15, 0.2) is 0 Å². The molecule has 1 saturated carbocycles. The summed E-state index contributed by atoms with van der Waals surface area (Å²) in [4.78, 5) is 10.9. The zero-order valence-electron chi connectivity index (χ0n) is 11.0. The van der Waals surface area contributed by atoms with Crippen LogP contribution < -0.4 is 10.2 Å². The van der Waals surface area contributed by atoms with E-state index in [4.69, 9.17) is 0 Å². The summed E-state index contributed by atoms with van der Waals surface area (Å²) >= 11 is 1.64. The topological polar surface area (TPSA) is 41.1 Å². The first-order valence-electron chi connectivity index (χ1n) is 6.58. The maximum Gasteiger partial charge on any atom is 0.0795 e. The van der Waals surface area contributed by atoms with Crippen LogP contribution >= 0.6 is 11.3 Å². The van der Waals surface area contributed by atoms with E-state index in [-0.39, 0.29) is 0 Å². The summed E-state index contributed by atoms with van der Waals surface area (Å²) < 4.78 is 0. The lowest BCUT2D eigenvalue weighted by Gasteiger charge is -2.18. The number of thiazole rings is 1. The van der Waals surface area contributed by atoms with Crippen LogP contribution in [0.3, 0.4) is 0 Å². The third-order valence-electron chi connectivity index (χ3n) is 3.27. The Morgan fingerprint density at radius 2 is 2.26 bits per heavy atom. The summed E-state index contributed by atoms with van der Waals surface area (Å²) in [5, 5.41) is 5.58. The van der Waals surface area contributed by atoms with Crippen LogP contribution in [0.4, 0.5) is 5.69 Å². The monoisotopic (exact) mass is 274 g/mol. The zero-order chi connectivity index (χ0) is 13.1. The number of nitrogens with zero attached hydrogens (tertiary/aromatic N) is 3. The number of aromatic nitrogens is 2. The highest BCUT2D eigenvalue weighted by atomic mass is 32.1. The molecule has 4 nitrogen and oxygen atoms in total. The lowest BCUT2D eigenvalue weighted by molar-refractivity contribution is 0.674. The molecule has 1 fully saturated rings. The molecule has 19 heavy (non-hydrogen) atoms. The van der Waals surface area contributed by atoms with E-state index in [0.717, 1.165) is 30.5 Å². The lowest BCUT2D eigenvalue weighted by Crippen LogP contribution is -2.19. The number of rotatable bonds is 6. The summed E-state index contributed by atoms with van der Waals surface area (Å²) in [6.07, 6.45) is 4.50. The van der Waals surface area contributed by atoms with Gasteiger partial charge in [-0.2, -0.15) is 0 Å². The molecule has 0 spiro atoms. The Labute approximate surface area is 117 Å². The average Bonchev–Trinajstić information content (AvgIpc) is 3.13. The normalized spacial score (nSPS) is 14.6. The van der Waals surface area contributed by atoms with Crippen LogP contribution in [0.5, 0.6) is 0 Å². The molecular formula is C14H18N4S. The zero-order valence-corrected chi connectivity index (χ0v) is 11.9. The molecule has 0 bridgehead atoms. The molecule has 2 aromatic rings. The minimum atomic E-state index is 0.721. The predicted octanol–water partition coefficient (Wildman–Crippen LogP) is 2.43. The molecule has 0 saturated heterocycles. The molecule has 1 aliphatic carbocycles. The van der Waals surface area contributed by atoms with Gasteiger partial charge in [0.05, 0.1) is 23.4 Å². The summed E-state index contributed by atoms with van der Waals surface area (Å²) in [5.74, 6) is 0. The Balaban J connectivity index is 1.63. The van der Waals surface area contributed by atoms with Gasteiger partial charge in [-0.05, 0) is 25.0 Å². The van der Waals surface area contributed by atoms with Crippen LogP contribution in [0.25, 0.3) is 0 Å². The van der Waals surface area contributed by atoms with Crippen LogP contribution in [0.15, 0.2) is 29.2 Å². The highest BCUT2D eigenvalue weighted by Gasteiger charge is 2.20. The molecule has 0 unspecified atom stereocenters. The minimum Gasteiger partial charge on any atom is -0.369 e. The second-order valence-electron chi connectivity index (χ2n) is 5.00. The molecule has 3 rings (SSSR count). The maximum atomic E-state index is 4.42. The Bertz CT molecular complexity index is 522. The summed E-state index contributed by atoms with van der Waals surface area (Å²) in [6.45, 7) is 1.70. The third kappa shape index (κ3) is 3.52. The summed E-state index contributed by atoms with van der Waals surface area (Å²) in [7, 11) is 2.09. The summed E-state index contributed by atoms with van der Waals surface area (Å²) in [6, 6.07) is 4.92. The molecule has 0 aliphatic heterocycles. The van der Waals surface area contributed by atoms with E-state index in [1.165, 1.54) is 18.5 Å². The Hall–Kier alpha value is -1.46. The van der Waals surface area contributed by atoms with E-state index in [0.29, 0.717) is 0 Å². The van der Waals surface area contributed by atoms with Crippen LogP contribution in [0, 0.1) is 0 Å². The van der Waals surface area contributed by atoms with Crippen molar-refractivity contribution in [3.05, 3.63) is 40.6 Å². The van der Waals surface area contributed by atoms with Gasteiger partial charge in [0.25, 0.3) is 0 Å². The van der Waals surface area contributed by atoms with Crippen molar-refractivity contribution in [3.8, 4) is 0 Å². The average molecular weight is 274 g/mol. The van der Waals surface area contributed by atoms with Crippen molar-refractivity contribution in [2.45, 2.75) is 32.0 Å². The highest BCUT2D eigenvalue weighted by Crippen LogP contribution is 2.20. The van der Waals surface area contributed by atoms with Gasteiger partial charge in [-0.15, -0.1) is 11.3 Å². The summed E-state index contributed by atoms with van der Waals surface area (Å²) in [5.41, 5.74) is 5.29. The second-order valence-corrected chi connectivity index (χ2v) is 5.72. The van der Waals surface area contributed by atoms with Crippen LogP contribution in [0.2, 0.25) is 0 Å². The van der Waals surface area contributed by atoms with Crippen molar-refractivity contribution in [1.82, 2.24) is 15.3 Å². The molecule has 100 valence electrons. The fraction of sp³-hybridized carbons (Fsp3) is 0.429. The van der Waals surface area contributed by atoms with Gasteiger partial charge >= 0.3 is 0 Å². The van der Waals surface area contributed by atoms with Gasteiger partial charge in [-0.1, -0.05) is 0 Å². The fourth-order valence-electron chi connectivity index (χ4n) is 1.99. The molecule has 5 heteroatoms. The van der Waals surface area contributed by atoms with Crippen molar-refractivity contribution in [2.75, 3.05) is 11.9 Å². The highest BCUT2D eigenvalue weighted by molar-refractivity contribution is 7.07. The standard InChI is InChI=1S/C14H18N4S/c1-18(8-13-9-19-10-17-13)14-4-5-15-12(6-14)7-16-11-2-3-11/h4-6,9-11,16H,2-3,7-8H2,1H3. The quantitative estimate of drug-likeness (QED) is 0.878. The number of anilines is 1. The molecular weight excluding hydrogens is 256 g/mol.